The number of pyridine rings is 1. The number of aromatic carboxylic acids is 1. The highest BCUT2D eigenvalue weighted by molar-refractivity contribution is 7.98. The Kier molecular flexibility index (Phi) is 4.39. The van der Waals surface area contributed by atoms with E-state index in [1.807, 2.05) is 0 Å². The lowest BCUT2D eigenvalue weighted by atomic mass is 10.2. The van der Waals surface area contributed by atoms with Crippen LogP contribution in [0.15, 0.2) is 41.4 Å². The lowest BCUT2D eigenvalue weighted by Gasteiger charge is -2.06. The summed E-state index contributed by atoms with van der Waals surface area (Å²) in [6.45, 7) is 0. The number of benzene rings is 1. The largest absolute Gasteiger partial charge is 0.477 e. The predicted molar refractivity (Wildman–Crippen MR) is 72.2 cm³/mol. The van der Waals surface area contributed by atoms with E-state index in [-0.39, 0.29) is 11.5 Å². The van der Waals surface area contributed by atoms with Crippen molar-refractivity contribution in [3.63, 3.8) is 0 Å². The summed E-state index contributed by atoms with van der Waals surface area (Å²) in [5, 5.41) is 9.19. The number of carboxylic acids is 1. The molecule has 2 aromatic rings. The maximum absolute atomic E-state index is 13.6. The third-order valence-corrected chi connectivity index (χ3v) is 3.77. The molecule has 0 aliphatic carbocycles. The summed E-state index contributed by atoms with van der Waals surface area (Å²) in [6, 6.07) is 7.63. The summed E-state index contributed by atoms with van der Waals surface area (Å²) in [4.78, 5) is 15.2. The first kappa shape index (κ1) is 13.8. The van der Waals surface area contributed by atoms with Crippen LogP contribution in [-0.2, 0) is 5.75 Å². The molecule has 0 unspecified atom stereocenters. The average molecular weight is 298 g/mol. The van der Waals surface area contributed by atoms with Crippen molar-refractivity contribution in [3.05, 3.63) is 58.6 Å². The molecule has 1 aromatic carbocycles. The van der Waals surface area contributed by atoms with Crippen molar-refractivity contribution >= 4 is 29.3 Å². The Morgan fingerprint density at radius 2 is 2.21 bits per heavy atom. The molecule has 0 radical (unpaired) electrons. The van der Waals surface area contributed by atoms with E-state index in [2.05, 4.69) is 4.98 Å². The maximum Gasteiger partial charge on any atom is 0.354 e. The number of hydrogen-bond acceptors (Lipinski definition) is 3. The Labute approximate surface area is 118 Å². The van der Waals surface area contributed by atoms with Gasteiger partial charge >= 0.3 is 5.97 Å². The van der Waals surface area contributed by atoms with Gasteiger partial charge in [0.2, 0.25) is 0 Å². The van der Waals surface area contributed by atoms with Crippen LogP contribution < -0.4 is 0 Å². The van der Waals surface area contributed by atoms with Gasteiger partial charge in [-0.3, -0.25) is 0 Å². The highest BCUT2D eigenvalue weighted by Gasteiger charge is 2.09. The van der Waals surface area contributed by atoms with Crippen molar-refractivity contribution in [3.8, 4) is 0 Å². The quantitative estimate of drug-likeness (QED) is 0.871. The maximum atomic E-state index is 13.6. The van der Waals surface area contributed by atoms with E-state index < -0.39 is 5.97 Å². The Bertz CT molecular complexity index is 601. The fraction of sp³-hybridized carbons (Fsp3) is 0.0769. The third kappa shape index (κ3) is 3.45. The van der Waals surface area contributed by atoms with Crippen LogP contribution >= 0.6 is 23.4 Å². The first-order chi connectivity index (χ1) is 9.08. The normalized spacial score (nSPS) is 10.4. The molecule has 19 heavy (non-hydrogen) atoms. The molecular formula is C13H9ClFNO2S. The van der Waals surface area contributed by atoms with Crippen LogP contribution in [0.4, 0.5) is 4.39 Å². The molecule has 1 heterocycles. The Balaban J connectivity index is 2.15. The van der Waals surface area contributed by atoms with E-state index in [1.165, 1.54) is 30.1 Å². The molecule has 3 nitrogen and oxygen atoms in total. The first-order valence-corrected chi connectivity index (χ1v) is 6.69. The van der Waals surface area contributed by atoms with Gasteiger partial charge in [-0.2, -0.15) is 0 Å². The van der Waals surface area contributed by atoms with E-state index in [0.29, 0.717) is 21.2 Å². The predicted octanol–water partition coefficient (Wildman–Crippen LogP) is 3.86. The molecule has 0 saturated heterocycles. The Hall–Kier alpha value is -1.59. The van der Waals surface area contributed by atoms with Gasteiger partial charge in [-0.05, 0) is 24.3 Å². The molecule has 1 aromatic heterocycles. The zero-order valence-electron chi connectivity index (χ0n) is 9.64. The third-order valence-electron chi connectivity index (χ3n) is 2.40. The lowest BCUT2D eigenvalue weighted by molar-refractivity contribution is 0.0690. The summed E-state index contributed by atoms with van der Waals surface area (Å²) in [6.07, 6.45) is 1.41. The summed E-state index contributed by atoms with van der Waals surface area (Å²) >= 11 is 7.22. The molecule has 1 N–H and O–H groups in total. The summed E-state index contributed by atoms with van der Waals surface area (Å²) < 4.78 is 13.6. The number of carbonyl (C=O) groups is 1. The fourth-order valence-corrected chi connectivity index (χ4v) is 2.71. The zero-order valence-corrected chi connectivity index (χ0v) is 11.2. The molecule has 0 saturated carbocycles. The van der Waals surface area contributed by atoms with Crippen LogP contribution in [0.2, 0.25) is 5.02 Å². The summed E-state index contributed by atoms with van der Waals surface area (Å²) in [5.41, 5.74) is 0.368. The fourth-order valence-electron chi connectivity index (χ4n) is 1.44. The Morgan fingerprint density at radius 1 is 1.42 bits per heavy atom. The van der Waals surface area contributed by atoms with Crippen molar-refractivity contribution in [1.29, 1.82) is 0 Å². The van der Waals surface area contributed by atoms with Gasteiger partial charge in [0.05, 0.1) is 0 Å². The highest BCUT2D eigenvalue weighted by Crippen LogP contribution is 2.28. The van der Waals surface area contributed by atoms with Crippen LogP contribution in [0.1, 0.15) is 16.1 Å². The number of aromatic nitrogens is 1. The topological polar surface area (TPSA) is 50.2 Å². The van der Waals surface area contributed by atoms with Crippen molar-refractivity contribution in [2.75, 3.05) is 0 Å². The average Bonchev–Trinajstić information content (AvgIpc) is 2.38. The molecule has 0 amide bonds. The molecule has 0 aliphatic rings. The van der Waals surface area contributed by atoms with Crippen molar-refractivity contribution in [2.24, 2.45) is 0 Å². The van der Waals surface area contributed by atoms with E-state index in [4.69, 9.17) is 16.7 Å². The molecule has 6 heteroatoms. The van der Waals surface area contributed by atoms with Crippen LogP contribution in [0.3, 0.4) is 0 Å². The lowest BCUT2D eigenvalue weighted by Crippen LogP contribution is -1.99. The number of rotatable bonds is 4. The van der Waals surface area contributed by atoms with Crippen LogP contribution in [0.25, 0.3) is 0 Å². The van der Waals surface area contributed by atoms with Crippen LogP contribution in [0.5, 0.6) is 0 Å². The molecule has 0 spiro atoms. The van der Waals surface area contributed by atoms with Gasteiger partial charge in [0, 0.05) is 27.4 Å². The van der Waals surface area contributed by atoms with E-state index in [0.717, 1.165) is 0 Å². The summed E-state index contributed by atoms with van der Waals surface area (Å²) in [7, 11) is 0. The van der Waals surface area contributed by atoms with Crippen LogP contribution in [-0.4, -0.2) is 16.1 Å². The smallest absolute Gasteiger partial charge is 0.354 e. The number of halogens is 2. The second kappa shape index (κ2) is 6.04. The standard InChI is InChI=1S/C13H9ClFNO2S/c14-10-2-1-3-11(15)9(10)7-19-8-4-5-16-12(6-8)13(17)18/h1-6H,7H2,(H,17,18). The number of hydrogen-bond donors (Lipinski definition) is 1. The minimum Gasteiger partial charge on any atom is -0.477 e. The first-order valence-electron chi connectivity index (χ1n) is 5.33. The van der Waals surface area contributed by atoms with E-state index in [9.17, 15) is 9.18 Å². The van der Waals surface area contributed by atoms with Crippen molar-refractivity contribution in [1.82, 2.24) is 4.98 Å². The number of carboxylic acid groups (broad SMARTS) is 1. The van der Waals surface area contributed by atoms with Crippen molar-refractivity contribution < 1.29 is 14.3 Å². The van der Waals surface area contributed by atoms with Crippen molar-refractivity contribution in [2.45, 2.75) is 10.6 Å². The van der Waals surface area contributed by atoms with Gasteiger partial charge in [-0.25, -0.2) is 14.2 Å². The molecule has 2 rings (SSSR count). The molecule has 0 aliphatic heterocycles. The molecule has 0 fully saturated rings. The number of thioether (sulfide) groups is 1. The minimum absolute atomic E-state index is 0.0374. The second-order valence-corrected chi connectivity index (χ2v) is 5.13. The SMILES string of the molecule is O=C(O)c1cc(SCc2c(F)cccc2Cl)ccn1. The monoisotopic (exact) mass is 297 g/mol. The number of nitrogens with zero attached hydrogens (tertiary/aromatic N) is 1. The molecule has 0 bridgehead atoms. The van der Waals surface area contributed by atoms with Gasteiger partial charge in [0.15, 0.2) is 0 Å². The van der Waals surface area contributed by atoms with Gasteiger partial charge in [0.1, 0.15) is 11.5 Å². The van der Waals surface area contributed by atoms with E-state index >= 15 is 0 Å². The summed E-state index contributed by atoms with van der Waals surface area (Å²) in [5.74, 6) is -1.13. The molecule has 0 atom stereocenters. The van der Waals surface area contributed by atoms with Gasteiger partial charge in [0.25, 0.3) is 0 Å². The zero-order chi connectivity index (χ0) is 13.8. The Morgan fingerprint density at radius 3 is 2.89 bits per heavy atom. The second-order valence-electron chi connectivity index (χ2n) is 3.67. The van der Waals surface area contributed by atoms with Gasteiger partial charge in [-0.1, -0.05) is 17.7 Å². The molecule has 98 valence electrons. The minimum atomic E-state index is -1.09. The highest BCUT2D eigenvalue weighted by atomic mass is 35.5. The van der Waals surface area contributed by atoms with Crippen LogP contribution in [0, 0.1) is 5.82 Å². The van der Waals surface area contributed by atoms with Gasteiger partial charge in [-0.15, -0.1) is 11.8 Å². The van der Waals surface area contributed by atoms with E-state index in [1.54, 1.807) is 18.2 Å². The van der Waals surface area contributed by atoms with Gasteiger partial charge < -0.3 is 5.11 Å². The molecular weight excluding hydrogens is 289 g/mol.